The predicted octanol–water partition coefficient (Wildman–Crippen LogP) is 1.57. The van der Waals surface area contributed by atoms with Gasteiger partial charge in [0.25, 0.3) is 0 Å². The van der Waals surface area contributed by atoms with Gasteiger partial charge in [-0.2, -0.15) is 0 Å². The summed E-state index contributed by atoms with van der Waals surface area (Å²) >= 11 is 0. The minimum atomic E-state index is -0.266. The van der Waals surface area contributed by atoms with Crippen LogP contribution in [0.1, 0.15) is 33.6 Å². The summed E-state index contributed by atoms with van der Waals surface area (Å²) in [6.45, 7) is 6.16. The zero-order valence-corrected chi connectivity index (χ0v) is 7.58. The van der Waals surface area contributed by atoms with Gasteiger partial charge in [-0.15, -0.1) is 0 Å². The van der Waals surface area contributed by atoms with Crippen LogP contribution in [0.3, 0.4) is 0 Å². The molecule has 1 N–H and O–H groups in total. The maximum absolute atomic E-state index is 9.53. The molecule has 1 heterocycles. The van der Waals surface area contributed by atoms with Crippen molar-refractivity contribution in [3.8, 4) is 0 Å². The average Bonchev–Trinajstić information content (AvgIpc) is 1.99. The van der Waals surface area contributed by atoms with Gasteiger partial charge in [-0.05, 0) is 25.7 Å². The second-order valence-electron chi connectivity index (χ2n) is 3.58. The third kappa shape index (κ3) is 1.94. The zero-order valence-electron chi connectivity index (χ0n) is 7.58. The highest BCUT2D eigenvalue weighted by Gasteiger charge is 2.31. The fourth-order valence-electron chi connectivity index (χ4n) is 1.72. The molecular weight excluding hydrogens is 140 g/mol. The first-order valence-corrected chi connectivity index (χ1v) is 4.48. The Labute approximate surface area is 68.6 Å². The molecule has 0 aromatic carbocycles. The molecule has 0 spiro atoms. The molecule has 0 amide bonds. The number of aliphatic hydroxyl groups is 1. The average molecular weight is 158 g/mol. The van der Waals surface area contributed by atoms with E-state index < -0.39 is 0 Å². The second-order valence-corrected chi connectivity index (χ2v) is 3.58. The van der Waals surface area contributed by atoms with E-state index in [1.165, 1.54) is 0 Å². The van der Waals surface area contributed by atoms with E-state index in [0.717, 1.165) is 12.8 Å². The fourth-order valence-corrected chi connectivity index (χ4v) is 1.72. The molecule has 4 atom stereocenters. The molecule has 1 aliphatic rings. The molecule has 0 radical (unpaired) electrons. The van der Waals surface area contributed by atoms with Gasteiger partial charge in [0.1, 0.15) is 0 Å². The molecule has 2 nitrogen and oxygen atoms in total. The molecule has 0 aliphatic carbocycles. The van der Waals surface area contributed by atoms with Crippen LogP contribution in [0.25, 0.3) is 0 Å². The van der Waals surface area contributed by atoms with Crippen LogP contribution in [0.5, 0.6) is 0 Å². The van der Waals surface area contributed by atoms with Crippen molar-refractivity contribution in [1.29, 1.82) is 0 Å². The normalized spacial score (nSPS) is 45.8. The summed E-state index contributed by atoms with van der Waals surface area (Å²) in [7, 11) is 0. The smallest absolute Gasteiger partial charge is 0.0825 e. The lowest BCUT2D eigenvalue weighted by Crippen LogP contribution is -2.42. The summed E-state index contributed by atoms with van der Waals surface area (Å²) in [5.74, 6) is 0.392. The Balaban J connectivity index is 2.47. The number of aliphatic hydroxyl groups excluding tert-OH is 1. The van der Waals surface area contributed by atoms with Crippen molar-refractivity contribution in [2.24, 2.45) is 5.92 Å². The summed E-state index contributed by atoms with van der Waals surface area (Å²) in [4.78, 5) is 0. The Bertz CT molecular complexity index is 113. The molecule has 1 rings (SSSR count). The maximum Gasteiger partial charge on any atom is 0.0825 e. The molecule has 0 bridgehead atoms. The lowest BCUT2D eigenvalue weighted by Gasteiger charge is -2.36. The molecule has 0 saturated carbocycles. The monoisotopic (exact) mass is 158 g/mol. The minimum Gasteiger partial charge on any atom is -0.390 e. The van der Waals surface area contributed by atoms with Gasteiger partial charge in [0.2, 0.25) is 0 Å². The minimum absolute atomic E-state index is 0.0173. The summed E-state index contributed by atoms with van der Waals surface area (Å²) < 4.78 is 5.57. The molecule has 1 unspecified atom stereocenters. The van der Waals surface area contributed by atoms with E-state index in [1.807, 2.05) is 6.92 Å². The lowest BCUT2D eigenvalue weighted by atomic mass is 9.90. The zero-order chi connectivity index (χ0) is 8.43. The topological polar surface area (TPSA) is 29.5 Å². The number of ether oxygens (including phenoxy) is 1. The fraction of sp³-hybridized carbons (Fsp3) is 1.00. The third-order valence-corrected chi connectivity index (χ3v) is 2.56. The SMILES string of the molecule is CC[C@@H]1C[C@H](C)[C@@H](O)C(C)O1. The van der Waals surface area contributed by atoms with E-state index in [9.17, 15) is 5.11 Å². The van der Waals surface area contributed by atoms with E-state index in [2.05, 4.69) is 13.8 Å². The molecule has 1 aliphatic heterocycles. The van der Waals surface area contributed by atoms with Crippen LogP contribution < -0.4 is 0 Å². The molecule has 1 saturated heterocycles. The highest BCUT2D eigenvalue weighted by molar-refractivity contribution is 4.80. The molecule has 0 aromatic rings. The largest absolute Gasteiger partial charge is 0.390 e. The van der Waals surface area contributed by atoms with Crippen LogP contribution in [0, 0.1) is 5.92 Å². The van der Waals surface area contributed by atoms with Crippen molar-refractivity contribution in [1.82, 2.24) is 0 Å². The summed E-state index contributed by atoms with van der Waals surface area (Å²) in [6.07, 6.45) is 2.17. The summed E-state index contributed by atoms with van der Waals surface area (Å²) in [5, 5.41) is 9.53. The van der Waals surface area contributed by atoms with E-state index in [0.29, 0.717) is 12.0 Å². The van der Waals surface area contributed by atoms with E-state index in [1.54, 1.807) is 0 Å². The van der Waals surface area contributed by atoms with Crippen molar-refractivity contribution in [3.05, 3.63) is 0 Å². The molecule has 2 heteroatoms. The Kier molecular flexibility index (Phi) is 2.90. The van der Waals surface area contributed by atoms with Gasteiger partial charge in [0, 0.05) is 0 Å². The van der Waals surface area contributed by atoms with Gasteiger partial charge in [0.05, 0.1) is 18.3 Å². The van der Waals surface area contributed by atoms with Gasteiger partial charge >= 0.3 is 0 Å². The van der Waals surface area contributed by atoms with Crippen molar-refractivity contribution in [2.45, 2.75) is 51.9 Å². The van der Waals surface area contributed by atoms with Gasteiger partial charge in [-0.3, -0.25) is 0 Å². The first-order valence-electron chi connectivity index (χ1n) is 4.48. The standard InChI is InChI=1S/C9H18O2/c1-4-8-5-6(2)9(10)7(3)11-8/h6-10H,4-5H2,1-3H3/t6-,7?,8+,9+/m0/s1. The van der Waals surface area contributed by atoms with Gasteiger partial charge in [-0.1, -0.05) is 13.8 Å². The van der Waals surface area contributed by atoms with E-state index >= 15 is 0 Å². The number of hydrogen-bond acceptors (Lipinski definition) is 2. The van der Waals surface area contributed by atoms with Crippen LogP contribution >= 0.6 is 0 Å². The number of rotatable bonds is 1. The number of hydrogen-bond donors (Lipinski definition) is 1. The Morgan fingerprint density at radius 3 is 2.55 bits per heavy atom. The maximum atomic E-state index is 9.53. The quantitative estimate of drug-likeness (QED) is 0.627. The second kappa shape index (κ2) is 3.55. The highest BCUT2D eigenvalue weighted by atomic mass is 16.5. The Morgan fingerprint density at radius 2 is 2.09 bits per heavy atom. The molecule has 66 valence electrons. The summed E-state index contributed by atoms with van der Waals surface area (Å²) in [6, 6.07) is 0. The molecule has 11 heavy (non-hydrogen) atoms. The third-order valence-electron chi connectivity index (χ3n) is 2.56. The van der Waals surface area contributed by atoms with Gasteiger partial charge in [0.15, 0.2) is 0 Å². The van der Waals surface area contributed by atoms with Crippen LogP contribution in [0.2, 0.25) is 0 Å². The van der Waals surface area contributed by atoms with Crippen molar-refractivity contribution in [2.75, 3.05) is 0 Å². The highest BCUT2D eigenvalue weighted by Crippen LogP contribution is 2.26. The van der Waals surface area contributed by atoms with Crippen molar-refractivity contribution >= 4 is 0 Å². The lowest BCUT2D eigenvalue weighted by molar-refractivity contribution is -0.133. The van der Waals surface area contributed by atoms with Crippen LogP contribution in [0.15, 0.2) is 0 Å². The predicted molar refractivity (Wildman–Crippen MR) is 44.4 cm³/mol. The van der Waals surface area contributed by atoms with Crippen LogP contribution in [-0.2, 0) is 4.74 Å². The molecular formula is C9H18O2. The van der Waals surface area contributed by atoms with Crippen LogP contribution in [0.4, 0.5) is 0 Å². The van der Waals surface area contributed by atoms with E-state index in [4.69, 9.17) is 4.74 Å². The summed E-state index contributed by atoms with van der Waals surface area (Å²) in [5.41, 5.74) is 0. The van der Waals surface area contributed by atoms with Crippen LogP contribution in [-0.4, -0.2) is 23.4 Å². The van der Waals surface area contributed by atoms with Crippen molar-refractivity contribution in [3.63, 3.8) is 0 Å². The van der Waals surface area contributed by atoms with E-state index in [-0.39, 0.29) is 12.2 Å². The molecule has 0 aromatic heterocycles. The van der Waals surface area contributed by atoms with Gasteiger partial charge < -0.3 is 9.84 Å². The molecule has 1 fully saturated rings. The Morgan fingerprint density at radius 1 is 1.45 bits per heavy atom. The van der Waals surface area contributed by atoms with Crippen molar-refractivity contribution < 1.29 is 9.84 Å². The van der Waals surface area contributed by atoms with Gasteiger partial charge in [-0.25, -0.2) is 0 Å². The first kappa shape index (κ1) is 9.01. The Hall–Kier alpha value is -0.0800. The first-order chi connectivity index (χ1) is 5.15.